The van der Waals surface area contributed by atoms with Gasteiger partial charge in [-0.1, -0.05) is 129 Å². The van der Waals surface area contributed by atoms with Crippen LogP contribution in [0.2, 0.25) is 0 Å². The van der Waals surface area contributed by atoms with Crippen molar-refractivity contribution in [1.82, 2.24) is 0 Å². The summed E-state index contributed by atoms with van der Waals surface area (Å²) in [6.07, 6.45) is 22.3. The molecule has 2 unspecified atom stereocenters. The van der Waals surface area contributed by atoms with Gasteiger partial charge in [0.1, 0.15) is 0 Å². The van der Waals surface area contributed by atoms with Crippen LogP contribution < -0.4 is 0 Å². The van der Waals surface area contributed by atoms with Crippen molar-refractivity contribution in [3.63, 3.8) is 0 Å². The van der Waals surface area contributed by atoms with Crippen molar-refractivity contribution < 1.29 is 0 Å². The molecule has 0 saturated heterocycles. The van der Waals surface area contributed by atoms with Crippen LogP contribution in [-0.2, 0) is 0 Å². The van der Waals surface area contributed by atoms with E-state index in [-0.39, 0.29) is 0 Å². The highest BCUT2D eigenvalue weighted by molar-refractivity contribution is 5.05. The van der Waals surface area contributed by atoms with Crippen molar-refractivity contribution in [2.24, 2.45) is 11.8 Å². The van der Waals surface area contributed by atoms with Gasteiger partial charge in [-0.2, -0.15) is 0 Å². The fourth-order valence-electron chi connectivity index (χ4n) is 3.24. The van der Waals surface area contributed by atoms with Crippen LogP contribution in [-0.4, -0.2) is 0 Å². The van der Waals surface area contributed by atoms with Gasteiger partial charge in [0.25, 0.3) is 0 Å². The summed E-state index contributed by atoms with van der Waals surface area (Å²) in [7, 11) is 0. The Kier molecular flexibility index (Phi) is 18.5. The van der Waals surface area contributed by atoms with Crippen LogP contribution in [0.3, 0.4) is 0 Å². The minimum absolute atomic E-state index is 0.595. The Bertz CT molecular complexity index is 265. The van der Waals surface area contributed by atoms with Gasteiger partial charge >= 0.3 is 0 Å². The van der Waals surface area contributed by atoms with Crippen molar-refractivity contribution in [3.8, 4) is 11.8 Å². The predicted octanol–water partition coefficient (Wildman–Crippen LogP) is 8.54. The monoisotopic (exact) mass is 334 g/mol. The molecule has 0 aliphatic heterocycles. The van der Waals surface area contributed by atoms with E-state index < -0.39 is 0 Å². The highest BCUT2D eigenvalue weighted by atomic mass is 14.1. The molecular weight excluding hydrogens is 288 g/mol. The van der Waals surface area contributed by atoms with Gasteiger partial charge in [0.15, 0.2) is 0 Å². The first kappa shape index (κ1) is 23.6. The Morgan fingerprint density at radius 2 is 0.750 bits per heavy atom. The third kappa shape index (κ3) is 17.9. The lowest BCUT2D eigenvalue weighted by molar-refractivity contribution is 0.537. The average Bonchev–Trinajstić information content (AvgIpc) is 2.58. The molecule has 0 spiro atoms. The number of hydrogen-bond acceptors (Lipinski definition) is 0. The van der Waals surface area contributed by atoms with Crippen molar-refractivity contribution in [1.29, 1.82) is 0 Å². The molecule has 0 aromatic carbocycles. The van der Waals surface area contributed by atoms with Crippen molar-refractivity contribution in [2.45, 2.75) is 130 Å². The Hall–Kier alpha value is -0.440. The lowest BCUT2D eigenvalue weighted by Gasteiger charge is -2.06. The van der Waals surface area contributed by atoms with Gasteiger partial charge < -0.3 is 0 Å². The Morgan fingerprint density at radius 1 is 0.458 bits per heavy atom. The zero-order chi connectivity index (χ0) is 17.9. The highest BCUT2D eigenvalue weighted by Gasteiger charge is 2.00. The highest BCUT2D eigenvalue weighted by Crippen LogP contribution is 2.14. The zero-order valence-corrected chi connectivity index (χ0v) is 17.5. The summed E-state index contributed by atoms with van der Waals surface area (Å²) in [4.78, 5) is 0. The fraction of sp³-hybridized carbons (Fsp3) is 0.917. The maximum atomic E-state index is 3.51. The summed E-state index contributed by atoms with van der Waals surface area (Å²) in [5.41, 5.74) is 0. The van der Waals surface area contributed by atoms with Crippen LogP contribution >= 0.6 is 0 Å². The zero-order valence-electron chi connectivity index (χ0n) is 17.5. The smallest absolute Gasteiger partial charge is 0.0174 e. The molecule has 0 bridgehead atoms. The molecule has 0 saturated carbocycles. The van der Waals surface area contributed by atoms with Crippen molar-refractivity contribution in [3.05, 3.63) is 0 Å². The van der Waals surface area contributed by atoms with Gasteiger partial charge in [-0.15, -0.1) is 0 Å². The molecular formula is C24H46. The van der Waals surface area contributed by atoms with Gasteiger partial charge in [-0.05, 0) is 12.8 Å². The summed E-state index contributed by atoms with van der Waals surface area (Å²) >= 11 is 0. The van der Waals surface area contributed by atoms with Gasteiger partial charge in [0.2, 0.25) is 0 Å². The van der Waals surface area contributed by atoms with Crippen LogP contribution in [0.4, 0.5) is 0 Å². The average molecular weight is 335 g/mol. The molecule has 0 fully saturated rings. The van der Waals surface area contributed by atoms with Gasteiger partial charge in [-0.3, -0.25) is 0 Å². The molecule has 0 aliphatic carbocycles. The minimum atomic E-state index is 0.595. The lowest BCUT2D eigenvalue weighted by atomic mass is 9.99. The Morgan fingerprint density at radius 3 is 1.08 bits per heavy atom. The van der Waals surface area contributed by atoms with Crippen molar-refractivity contribution >= 4 is 0 Å². The number of unbranched alkanes of at least 4 members (excludes halogenated alkanes) is 12. The molecule has 0 heteroatoms. The van der Waals surface area contributed by atoms with E-state index in [0.29, 0.717) is 11.8 Å². The molecule has 0 N–H and O–H groups in total. The molecule has 0 aliphatic rings. The first-order valence-corrected chi connectivity index (χ1v) is 11.2. The fourth-order valence-corrected chi connectivity index (χ4v) is 3.24. The van der Waals surface area contributed by atoms with Gasteiger partial charge in [0, 0.05) is 11.8 Å². The molecule has 0 aromatic rings. The molecule has 0 nitrogen and oxygen atoms in total. The first-order valence-electron chi connectivity index (χ1n) is 11.2. The third-order valence-corrected chi connectivity index (χ3v) is 5.06. The summed E-state index contributed by atoms with van der Waals surface area (Å²) < 4.78 is 0. The quantitative estimate of drug-likeness (QED) is 0.196. The van der Waals surface area contributed by atoms with E-state index in [4.69, 9.17) is 0 Å². The second-order valence-electron chi connectivity index (χ2n) is 7.91. The van der Waals surface area contributed by atoms with Gasteiger partial charge in [-0.25, -0.2) is 0 Å². The molecule has 0 rings (SSSR count). The van der Waals surface area contributed by atoms with E-state index in [1.54, 1.807) is 0 Å². The second kappa shape index (κ2) is 18.9. The summed E-state index contributed by atoms with van der Waals surface area (Å²) in [5, 5.41) is 0. The summed E-state index contributed by atoms with van der Waals surface area (Å²) in [6.45, 7) is 9.19. The van der Waals surface area contributed by atoms with Crippen LogP contribution in [0.5, 0.6) is 0 Å². The molecule has 24 heavy (non-hydrogen) atoms. The molecule has 142 valence electrons. The molecule has 0 heterocycles. The standard InChI is InChI=1S/C24H46/c1-5-7-9-11-13-15-17-19-23(3)21-22-24(4)20-18-16-14-12-10-8-6-2/h23-24H,5-20H2,1-4H3. The van der Waals surface area contributed by atoms with E-state index in [1.165, 1.54) is 103 Å². The molecule has 0 aromatic heterocycles. The second-order valence-corrected chi connectivity index (χ2v) is 7.91. The van der Waals surface area contributed by atoms with Crippen LogP contribution in [0, 0.1) is 23.7 Å². The van der Waals surface area contributed by atoms with Gasteiger partial charge in [0.05, 0.1) is 0 Å². The van der Waals surface area contributed by atoms with E-state index in [1.807, 2.05) is 0 Å². The van der Waals surface area contributed by atoms with E-state index in [2.05, 4.69) is 39.5 Å². The SMILES string of the molecule is CCCCCCCCCC(C)C#CC(C)CCCCCCCCC. The van der Waals surface area contributed by atoms with Crippen molar-refractivity contribution in [2.75, 3.05) is 0 Å². The molecule has 0 radical (unpaired) electrons. The summed E-state index contributed by atoms with van der Waals surface area (Å²) in [6, 6.07) is 0. The van der Waals surface area contributed by atoms with Crippen LogP contribution in [0.15, 0.2) is 0 Å². The maximum absolute atomic E-state index is 3.51. The van der Waals surface area contributed by atoms with Crippen LogP contribution in [0.25, 0.3) is 0 Å². The lowest BCUT2D eigenvalue weighted by Crippen LogP contribution is -1.95. The van der Waals surface area contributed by atoms with Crippen LogP contribution in [0.1, 0.15) is 130 Å². The Balaban J connectivity index is 3.49. The maximum Gasteiger partial charge on any atom is 0.0174 e. The third-order valence-electron chi connectivity index (χ3n) is 5.06. The largest absolute Gasteiger partial charge is 0.0999 e. The topological polar surface area (TPSA) is 0 Å². The minimum Gasteiger partial charge on any atom is -0.0999 e. The number of hydrogen-bond donors (Lipinski definition) is 0. The Labute approximate surface area is 154 Å². The predicted molar refractivity (Wildman–Crippen MR) is 111 cm³/mol. The normalized spacial score (nSPS) is 13.3. The van der Waals surface area contributed by atoms with E-state index in [9.17, 15) is 0 Å². The van der Waals surface area contributed by atoms with E-state index >= 15 is 0 Å². The molecule has 0 amide bonds. The molecule has 2 atom stereocenters. The summed E-state index contributed by atoms with van der Waals surface area (Å²) in [5.74, 6) is 8.21. The first-order chi connectivity index (χ1) is 11.7. The number of rotatable bonds is 16. The van der Waals surface area contributed by atoms with E-state index in [0.717, 1.165) is 0 Å².